The minimum Gasteiger partial charge on any atom is -0.370 e. The van der Waals surface area contributed by atoms with Gasteiger partial charge in [-0.15, -0.1) is 0 Å². The molecule has 0 aliphatic carbocycles. The van der Waals surface area contributed by atoms with Gasteiger partial charge in [0.2, 0.25) is 11.8 Å². The highest BCUT2D eigenvalue weighted by atomic mass is 16.2. The van der Waals surface area contributed by atoms with Gasteiger partial charge in [-0.05, 0) is 18.4 Å². The second kappa shape index (κ2) is 11.7. The maximum Gasteiger partial charge on any atom is 0.243 e. The number of guanidine groups is 1. The number of aldehydes is 1. The zero-order valence-electron chi connectivity index (χ0n) is 15.9. The van der Waals surface area contributed by atoms with Crippen molar-refractivity contribution in [1.82, 2.24) is 10.6 Å². The highest BCUT2D eigenvalue weighted by Gasteiger charge is 2.24. The van der Waals surface area contributed by atoms with Gasteiger partial charge in [0.1, 0.15) is 12.3 Å². The molecule has 0 aliphatic rings. The van der Waals surface area contributed by atoms with Crippen LogP contribution in [-0.4, -0.2) is 42.7 Å². The fourth-order valence-corrected chi connectivity index (χ4v) is 2.37. The second-order valence-corrected chi connectivity index (χ2v) is 6.61. The first-order valence-electron chi connectivity index (χ1n) is 8.98. The standard InChI is InChI=1S/C19H29N5O3/c1-13(2)17(26)24-16(11-14-7-4-3-5-8-14)18(27)23-15(12-25)9-6-10-22-19(20)21/h3-5,7-8,12-13,15-16H,6,9-11H2,1-2H3,(H,23,27)(H,24,26)(H4,20,21,22)/t15-,16+/m1/s1. The first-order valence-corrected chi connectivity index (χ1v) is 8.98. The Balaban J connectivity index is 2.73. The Bertz CT molecular complexity index is 642. The third-order valence-electron chi connectivity index (χ3n) is 3.90. The van der Waals surface area contributed by atoms with Gasteiger partial charge < -0.3 is 26.9 Å². The number of amides is 2. The number of benzene rings is 1. The Kier molecular flexibility index (Phi) is 9.57. The fourth-order valence-electron chi connectivity index (χ4n) is 2.37. The quantitative estimate of drug-likeness (QED) is 0.188. The molecule has 2 amide bonds. The number of nitrogens with one attached hydrogen (secondary N) is 2. The summed E-state index contributed by atoms with van der Waals surface area (Å²) < 4.78 is 0. The van der Waals surface area contributed by atoms with Crippen LogP contribution in [0.2, 0.25) is 0 Å². The Hall–Kier alpha value is -2.90. The largest absolute Gasteiger partial charge is 0.370 e. The van der Waals surface area contributed by atoms with Crippen LogP contribution in [0.15, 0.2) is 35.3 Å². The number of nitrogens with zero attached hydrogens (tertiary/aromatic N) is 1. The van der Waals surface area contributed by atoms with E-state index in [1.807, 2.05) is 30.3 Å². The fraction of sp³-hybridized carbons (Fsp3) is 0.474. The number of rotatable bonds is 11. The van der Waals surface area contributed by atoms with Crippen molar-refractivity contribution in [2.24, 2.45) is 22.4 Å². The molecule has 0 aliphatic heterocycles. The average molecular weight is 375 g/mol. The maximum atomic E-state index is 12.7. The minimum atomic E-state index is -0.762. The lowest BCUT2D eigenvalue weighted by molar-refractivity contribution is -0.131. The third kappa shape index (κ3) is 8.84. The van der Waals surface area contributed by atoms with Crippen LogP contribution in [0.3, 0.4) is 0 Å². The number of carbonyl (C=O) groups excluding carboxylic acids is 3. The van der Waals surface area contributed by atoms with E-state index in [4.69, 9.17) is 11.5 Å². The molecule has 0 radical (unpaired) electrons. The van der Waals surface area contributed by atoms with Gasteiger partial charge in [-0.3, -0.25) is 14.6 Å². The molecule has 8 heteroatoms. The smallest absolute Gasteiger partial charge is 0.243 e. The molecule has 2 atom stereocenters. The summed E-state index contributed by atoms with van der Waals surface area (Å²) in [4.78, 5) is 39.9. The van der Waals surface area contributed by atoms with Gasteiger partial charge in [-0.25, -0.2) is 0 Å². The van der Waals surface area contributed by atoms with E-state index < -0.39 is 18.0 Å². The molecule has 8 nitrogen and oxygen atoms in total. The molecule has 148 valence electrons. The first-order chi connectivity index (χ1) is 12.8. The summed E-state index contributed by atoms with van der Waals surface area (Å²) in [6.07, 6.45) is 1.97. The molecule has 0 aromatic heterocycles. The molecular formula is C19H29N5O3. The van der Waals surface area contributed by atoms with Crippen molar-refractivity contribution >= 4 is 24.1 Å². The van der Waals surface area contributed by atoms with E-state index in [-0.39, 0.29) is 17.8 Å². The van der Waals surface area contributed by atoms with E-state index in [9.17, 15) is 14.4 Å². The number of nitrogens with two attached hydrogens (primary N) is 2. The summed E-state index contributed by atoms with van der Waals surface area (Å²) in [5, 5.41) is 5.44. The Morgan fingerprint density at radius 1 is 1.11 bits per heavy atom. The Morgan fingerprint density at radius 2 is 1.78 bits per heavy atom. The lowest BCUT2D eigenvalue weighted by Crippen LogP contribution is -2.51. The van der Waals surface area contributed by atoms with Crippen molar-refractivity contribution in [3.8, 4) is 0 Å². The Morgan fingerprint density at radius 3 is 2.33 bits per heavy atom. The molecule has 6 N–H and O–H groups in total. The summed E-state index contributed by atoms with van der Waals surface area (Å²) in [5.74, 6) is -0.883. The summed E-state index contributed by atoms with van der Waals surface area (Å²) in [7, 11) is 0. The van der Waals surface area contributed by atoms with Crippen molar-refractivity contribution in [1.29, 1.82) is 0 Å². The highest BCUT2D eigenvalue weighted by Crippen LogP contribution is 2.06. The average Bonchev–Trinajstić information content (AvgIpc) is 2.63. The topological polar surface area (TPSA) is 140 Å². The first kappa shape index (κ1) is 22.1. The van der Waals surface area contributed by atoms with Crippen LogP contribution in [0.5, 0.6) is 0 Å². The van der Waals surface area contributed by atoms with E-state index in [1.54, 1.807) is 13.8 Å². The number of carbonyl (C=O) groups is 3. The van der Waals surface area contributed by atoms with Crippen LogP contribution >= 0.6 is 0 Å². The predicted octanol–water partition coefficient (Wildman–Crippen LogP) is 0.107. The molecule has 0 heterocycles. The molecule has 0 spiro atoms. The summed E-state index contributed by atoms with van der Waals surface area (Å²) in [6.45, 7) is 3.88. The van der Waals surface area contributed by atoms with Gasteiger partial charge in [0, 0.05) is 18.9 Å². The molecule has 0 unspecified atom stereocenters. The maximum absolute atomic E-state index is 12.7. The van der Waals surface area contributed by atoms with E-state index in [1.165, 1.54) is 0 Å². The molecule has 0 saturated carbocycles. The van der Waals surface area contributed by atoms with Crippen molar-refractivity contribution in [3.05, 3.63) is 35.9 Å². The molecule has 27 heavy (non-hydrogen) atoms. The van der Waals surface area contributed by atoms with Gasteiger partial charge >= 0.3 is 0 Å². The highest BCUT2D eigenvalue weighted by molar-refractivity contribution is 5.89. The lowest BCUT2D eigenvalue weighted by atomic mass is 10.0. The van der Waals surface area contributed by atoms with Crippen LogP contribution < -0.4 is 22.1 Å². The van der Waals surface area contributed by atoms with Gasteiger partial charge in [0.05, 0.1) is 6.04 Å². The number of aliphatic imine (C=N–C) groups is 1. The zero-order chi connectivity index (χ0) is 20.2. The summed E-state index contributed by atoms with van der Waals surface area (Å²) in [6, 6.07) is 7.95. The van der Waals surface area contributed by atoms with Gasteiger partial charge in [-0.1, -0.05) is 44.2 Å². The number of hydrogen-bond donors (Lipinski definition) is 4. The van der Waals surface area contributed by atoms with Crippen molar-refractivity contribution < 1.29 is 14.4 Å². The summed E-state index contributed by atoms with van der Waals surface area (Å²) >= 11 is 0. The second-order valence-electron chi connectivity index (χ2n) is 6.61. The molecule has 0 saturated heterocycles. The molecule has 1 rings (SSSR count). The van der Waals surface area contributed by atoms with E-state index in [0.717, 1.165) is 5.56 Å². The molecule has 1 aromatic rings. The Labute approximate surface area is 159 Å². The van der Waals surface area contributed by atoms with Crippen LogP contribution in [-0.2, 0) is 20.8 Å². The van der Waals surface area contributed by atoms with Gasteiger partial charge in [0.25, 0.3) is 0 Å². The molecule has 0 fully saturated rings. The van der Waals surface area contributed by atoms with Gasteiger partial charge in [-0.2, -0.15) is 0 Å². The molecule has 0 bridgehead atoms. The van der Waals surface area contributed by atoms with Crippen LogP contribution in [0.1, 0.15) is 32.3 Å². The van der Waals surface area contributed by atoms with Gasteiger partial charge in [0.15, 0.2) is 5.96 Å². The normalized spacial score (nSPS) is 12.7. The van der Waals surface area contributed by atoms with Crippen LogP contribution in [0, 0.1) is 5.92 Å². The SMILES string of the molecule is CC(C)C(=O)N[C@@H](Cc1ccccc1)C(=O)N[C@@H](C=O)CCCN=C(N)N. The third-order valence-corrected chi connectivity index (χ3v) is 3.90. The summed E-state index contributed by atoms with van der Waals surface area (Å²) in [5.41, 5.74) is 11.4. The zero-order valence-corrected chi connectivity index (χ0v) is 15.9. The van der Waals surface area contributed by atoms with Crippen molar-refractivity contribution in [2.75, 3.05) is 6.54 Å². The van der Waals surface area contributed by atoms with E-state index in [2.05, 4.69) is 15.6 Å². The monoisotopic (exact) mass is 375 g/mol. The lowest BCUT2D eigenvalue weighted by Gasteiger charge is -2.22. The van der Waals surface area contributed by atoms with E-state index in [0.29, 0.717) is 32.1 Å². The van der Waals surface area contributed by atoms with Crippen LogP contribution in [0.4, 0.5) is 0 Å². The predicted molar refractivity (Wildman–Crippen MR) is 105 cm³/mol. The minimum absolute atomic E-state index is 0.0130. The van der Waals surface area contributed by atoms with E-state index >= 15 is 0 Å². The van der Waals surface area contributed by atoms with Crippen molar-refractivity contribution in [2.45, 2.75) is 45.2 Å². The molecular weight excluding hydrogens is 346 g/mol. The van der Waals surface area contributed by atoms with Crippen molar-refractivity contribution in [3.63, 3.8) is 0 Å². The molecule has 1 aromatic carbocycles. The van der Waals surface area contributed by atoms with Crippen LogP contribution in [0.25, 0.3) is 0 Å². The number of hydrogen-bond acceptors (Lipinski definition) is 4.